The smallest absolute Gasteiger partial charge is 0.226 e. The molecule has 1 fully saturated rings. The number of halogens is 1. The first-order valence-corrected chi connectivity index (χ1v) is 6.04. The molecule has 0 aliphatic heterocycles. The van der Waals surface area contributed by atoms with Crippen molar-refractivity contribution >= 4 is 18.3 Å². The number of carbonyl (C=O) groups excluding carboxylic acids is 1. The van der Waals surface area contributed by atoms with Gasteiger partial charge in [-0.05, 0) is 25.8 Å². The Morgan fingerprint density at radius 2 is 2.00 bits per heavy atom. The molecule has 0 spiro atoms. The molecule has 16 heavy (non-hydrogen) atoms. The van der Waals surface area contributed by atoms with E-state index in [0.29, 0.717) is 0 Å². The van der Waals surface area contributed by atoms with Gasteiger partial charge in [0.05, 0.1) is 0 Å². The monoisotopic (exact) mass is 248 g/mol. The van der Waals surface area contributed by atoms with E-state index in [1.807, 2.05) is 25.9 Å². The van der Waals surface area contributed by atoms with Crippen LogP contribution in [0.3, 0.4) is 0 Å². The highest BCUT2D eigenvalue weighted by Gasteiger charge is 2.22. The standard InChI is InChI=1S/C12H24N2O.ClH/c1-10(8-13-2)12(15)14(3)9-11-6-4-5-7-11;/h10-11,13H,4-9H2,1-3H3;1H. The Kier molecular flexibility index (Phi) is 7.77. The number of rotatable bonds is 5. The van der Waals surface area contributed by atoms with Crippen molar-refractivity contribution in [1.82, 2.24) is 10.2 Å². The van der Waals surface area contributed by atoms with Crippen LogP contribution < -0.4 is 5.32 Å². The van der Waals surface area contributed by atoms with Crippen LogP contribution in [0.4, 0.5) is 0 Å². The van der Waals surface area contributed by atoms with Crippen molar-refractivity contribution in [2.24, 2.45) is 11.8 Å². The minimum Gasteiger partial charge on any atom is -0.345 e. The van der Waals surface area contributed by atoms with E-state index in [2.05, 4.69) is 5.32 Å². The molecule has 1 aliphatic rings. The molecule has 0 radical (unpaired) electrons. The summed E-state index contributed by atoms with van der Waals surface area (Å²) in [4.78, 5) is 13.8. The molecule has 1 atom stereocenters. The normalized spacial score (nSPS) is 17.9. The maximum absolute atomic E-state index is 11.9. The summed E-state index contributed by atoms with van der Waals surface area (Å²) < 4.78 is 0. The van der Waals surface area contributed by atoms with Crippen LogP contribution in [0.15, 0.2) is 0 Å². The summed E-state index contributed by atoms with van der Waals surface area (Å²) in [5, 5.41) is 3.05. The lowest BCUT2D eigenvalue weighted by Crippen LogP contribution is -2.38. The van der Waals surface area contributed by atoms with Gasteiger partial charge in [-0.25, -0.2) is 0 Å². The fourth-order valence-corrected chi connectivity index (χ4v) is 2.44. The average Bonchev–Trinajstić information content (AvgIpc) is 2.69. The minimum absolute atomic E-state index is 0. The molecule has 1 saturated carbocycles. The maximum Gasteiger partial charge on any atom is 0.226 e. The molecular weight excluding hydrogens is 224 g/mol. The number of hydrogen-bond acceptors (Lipinski definition) is 2. The molecule has 0 bridgehead atoms. The summed E-state index contributed by atoms with van der Waals surface area (Å²) in [6.45, 7) is 3.71. The highest BCUT2D eigenvalue weighted by molar-refractivity contribution is 5.85. The largest absolute Gasteiger partial charge is 0.345 e. The number of nitrogens with one attached hydrogen (secondary N) is 1. The minimum atomic E-state index is 0. The molecule has 4 heteroatoms. The molecule has 0 aromatic heterocycles. The molecule has 1 amide bonds. The molecule has 1 N–H and O–H groups in total. The molecule has 1 aliphatic carbocycles. The van der Waals surface area contributed by atoms with Gasteiger partial charge in [-0.1, -0.05) is 19.8 Å². The second-order valence-corrected chi connectivity index (χ2v) is 4.83. The van der Waals surface area contributed by atoms with E-state index < -0.39 is 0 Å². The summed E-state index contributed by atoms with van der Waals surface area (Å²) >= 11 is 0. The molecule has 0 aromatic rings. The molecule has 1 rings (SSSR count). The highest BCUT2D eigenvalue weighted by Crippen LogP contribution is 2.25. The quantitative estimate of drug-likeness (QED) is 0.806. The van der Waals surface area contributed by atoms with Gasteiger partial charge in [0, 0.05) is 26.1 Å². The van der Waals surface area contributed by atoms with Crippen molar-refractivity contribution in [2.45, 2.75) is 32.6 Å². The second-order valence-electron chi connectivity index (χ2n) is 4.83. The van der Waals surface area contributed by atoms with Crippen molar-refractivity contribution < 1.29 is 4.79 Å². The van der Waals surface area contributed by atoms with E-state index in [-0.39, 0.29) is 24.2 Å². The Hall–Kier alpha value is -0.280. The van der Waals surface area contributed by atoms with E-state index in [9.17, 15) is 4.79 Å². The van der Waals surface area contributed by atoms with Gasteiger partial charge in [0.25, 0.3) is 0 Å². The van der Waals surface area contributed by atoms with E-state index in [1.54, 1.807) is 0 Å². The van der Waals surface area contributed by atoms with Gasteiger partial charge < -0.3 is 10.2 Å². The SMILES string of the molecule is CNCC(C)C(=O)N(C)CC1CCCC1.Cl. The summed E-state index contributed by atoms with van der Waals surface area (Å²) in [5.74, 6) is 1.12. The lowest BCUT2D eigenvalue weighted by Gasteiger charge is -2.24. The number of carbonyl (C=O) groups is 1. The van der Waals surface area contributed by atoms with Crippen LogP contribution in [0.25, 0.3) is 0 Å². The van der Waals surface area contributed by atoms with Crippen molar-refractivity contribution in [3.63, 3.8) is 0 Å². The van der Waals surface area contributed by atoms with Crippen molar-refractivity contribution in [3.8, 4) is 0 Å². The van der Waals surface area contributed by atoms with Gasteiger partial charge in [0.15, 0.2) is 0 Å². The van der Waals surface area contributed by atoms with Crippen molar-refractivity contribution in [3.05, 3.63) is 0 Å². The maximum atomic E-state index is 11.9. The Morgan fingerprint density at radius 1 is 1.44 bits per heavy atom. The first-order valence-electron chi connectivity index (χ1n) is 6.04. The lowest BCUT2D eigenvalue weighted by molar-refractivity contribution is -0.134. The zero-order valence-electron chi connectivity index (χ0n) is 10.7. The van der Waals surface area contributed by atoms with Gasteiger partial charge >= 0.3 is 0 Å². The topological polar surface area (TPSA) is 32.3 Å². The molecular formula is C12H25ClN2O. The molecule has 0 saturated heterocycles. The first-order chi connectivity index (χ1) is 7.15. The third-order valence-electron chi connectivity index (χ3n) is 3.31. The van der Waals surface area contributed by atoms with Crippen LogP contribution in [0.2, 0.25) is 0 Å². The van der Waals surface area contributed by atoms with Gasteiger partial charge in [0.2, 0.25) is 5.91 Å². The molecule has 0 aromatic carbocycles. The predicted molar refractivity (Wildman–Crippen MR) is 69.9 cm³/mol. The third-order valence-corrected chi connectivity index (χ3v) is 3.31. The van der Waals surface area contributed by atoms with Crippen molar-refractivity contribution in [1.29, 1.82) is 0 Å². The third kappa shape index (κ3) is 4.71. The van der Waals surface area contributed by atoms with Crippen LogP contribution >= 0.6 is 12.4 Å². The molecule has 96 valence electrons. The van der Waals surface area contributed by atoms with Crippen LogP contribution in [0.1, 0.15) is 32.6 Å². The zero-order valence-corrected chi connectivity index (χ0v) is 11.5. The number of nitrogens with zero attached hydrogens (tertiary/aromatic N) is 1. The van der Waals surface area contributed by atoms with E-state index in [4.69, 9.17) is 0 Å². The van der Waals surface area contributed by atoms with Crippen LogP contribution in [0.5, 0.6) is 0 Å². The van der Waals surface area contributed by atoms with Gasteiger partial charge in [-0.15, -0.1) is 12.4 Å². The Bertz CT molecular complexity index is 205. The Morgan fingerprint density at radius 3 is 2.50 bits per heavy atom. The Balaban J connectivity index is 0.00000225. The number of hydrogen-bond donors (Lipinski definition) is 1. The van der Waals surface area contributed by atoms with Gasteiger partial charge in [-0.2, -0.15) is 0 Å². The fourth-order valence-electron chi connectivity index (χ4n) is 2.44. The molecule has 1 unspecified atom stereocenters. The van der Waals surface area contributed by atoms with Crippen LogP contribution in [-0.2, 0) is 4.79 Å². The summed E-state index contributed by atoms with van der Waals surface area (Å²) in [6.07, 6.45) is 5.30. The summed E-state index contributed by atoms with van der Waals surface area (Å²) in [6, 6.07) is 0. The number of amides is 1. The van der Waals surface area contributed by atoms with Crippen molar-refractivity contribution in [2.75, 3.05) is 27.2 Å². The zero-order chi connectivity index (χ0) is 11.3. The second kappa shape index (κ2) is 7.91. The molecule has 0 heterocycles. The summed E-state index contributed by atoms with van der Waals surface area (Å²) in [5.41, 5.74) is 0. The summed E-state index contributed by atoms with van der Waals surface area (Å²) in [7, 11) is 3.83. The van der Waals surface area contributed by atoms with Crippen LogP contribution in [-0.4, -0.2) is 38.0 Å². The fraction of sp³-hybridized carbons (Fsp3) is 0.917. The van der Waals surface area contributed by atoms with E-state index in [1.165, 1.54) is 25.7 Å². The molecule has 3 nitrogen and oxygen atoms in total. The first kappa shape index (κ1) is 15.7. The highest BCUT2D eigenvalue weighted by atomic mass is 35.5. The van der Waals surface area contributed by atoms with E-state index in [0.717, 1.165) is 19.0 Å². The van der Waals surface area contributed by atoms with Gasteiger partial charge in [-0.3, -0.25) is 4.79 Å². The van der Waals surface area contributed by atoms with Gasteiger partial charge in [0.1, 0.15) is 0 Å². The average molecular weight is 249 g/mol. The lowest BCUT2D eigenvalue weighted by atomic mass is 10.1. The van der Waals surface area contributed by atoms with Crippen LogP contribution in [0, 0.1) is 11.8 Å². The Labute approximate surface area is 105 Å². The predicted octanol–water partition coefficient (Wildman–Crippen LogP) is 1.91. The van der Waals surface area contributed by atoms with E-state index >= 15 is 0 Å².